The number of nitrogens with one attached hydrogen (secondary N) is 1. The van der Waals surface area contributed by atoms with E-state index in [0.717, 1.165) is 17.7 Å². The Bertz CT molecular complexity index is 1250. The largest absolute Gasteiger partial charge is 0.490 e. The third-order valence-corrected chi connectivity index (χ3v) is 5.75. The average Bonchev–Trinajstić information content (AvgIpc) is 2.79. The summed E-state index contributed by atoms with van der Waals surface area (Å²) in [7, 11) is 0. The van der Waals surface area contributed by atoms with E-state index in [1.807, 2.05) is 0 Å². The van der Waals surface area contributed by atoms with Gasteiger partial charge in [0, 0.05) is 15.6 Å². The van der Waals surface area contributed by atoms with Crippen molar-refractivity contribution in [1.82, 2.24) is 5.43 Å². The van der Waals surface area contributed by atoms with Crippen molar-refractivity contribution in [3.63, 3.8) is 0 Å². The van der Waals surface area contributed by atoms with Crippen LogP contribution in [0.3, 0.4) is 0 Å². The number of hydrogen-bond acceptors (Lipinski definition) is 4. The third-order valence-electron chi connectivity index (χ3n) is 4.58. The molecule has 1 amide bonds. The van der Waals surface area contributed by atoms with Crippen molar-refractivity contribution in [3.8, 4) is 11.5 Å². The molecule has 0 saturated carbocycles. The highest BCUT2D eigenvalue weighted by molar-refractivity contribution is 9.10. The fourth-order valence-electron chi connectivity index (χ4n) is 3.01. The first-order valence-electron chi connectivity index (χ1n) is 10.1. The molecule has 0 fully saturated rings. The van der Waals surface area contributed by atoms with Crippen LogP contribution in [0.1, 0.15) is 34.0 Å². The van der Waals surface area contributed by atoms with Gasteiger partial charge < -0.3 is 9.47 Å². The van der Waals surface area contributed by atoms with Crippen LogP contribution >= 0.6 is 39.1 Å². The van der Waals surface area contributed by atoms with E-state index in [2.05, 4.69) is 26.5 Å². The molecular weight excluding hydrogens is 572 g/mol. The minimum Gasteiger partial charge on any atom is -0.490 e. The smallest absolute Gasteiger partial charge is 0.417 e. The minimum absolute atomic E-state index is 0.150. The van der Waals surface area contributed by atoms with E-state index >= 15 is 0 Å². The second-order valence-corrected chi connectivity index (χ2v) is 8.73. The normalized spacial score (nSPS) is 11.5. The zero-order valence-corrected chi connectivity index (χ0v) is 21.2. The van der Waals surface area contributed by atoms with Gasteiger partial charge in [-0.15, -0.1) is 0 Å². The summed E-state index contributed by atoms with van der Waals surface area (Å²) in [6.45, 7) is 2.29. The number of hydrogen-bond donors (Lipinski definition) is 1. The molecule has 3 aromatic carbocycles. The van der Waals surface area contributed by atoms with Gasteiger partial charge in [-0.3, -0.25) is 4.79 Å². The number of rotatable bonds is 8. The lowest BCUT2D eigenvalue weighted by atomic mass is 10.1. The first kappa shape index (κ1) is 26.8. The van der Waals surface area contributed by atoms with Crippen molar-refractivity contribution in [3.05, 3.63) is 91.4 Å². The number of carbonyl (C=O) groups is 1. The molecule has 0 unspecified atom stereocenters. The molecule has 0 atom stereocenters. The Morgan fingerprint density at radius 1 is 1.11 bits per heavy atom. The molecule has 11 heteroatoms. The lowest BCUT2D eigenvalue weighted by Gasteiger charge is -2.15. The molecule has 0 aliphatic heterocycles. The molecular formula is C24H18BrCl2F3N2O3. The summed E-state index contributed by atoms with van der Waals surface area (Å²) in [6, 6.07) is 12.8. The molecule has 5 nitrogen and oxygen atoms in total. The van der Waals surface area contributed by atoms with Gasteiger partial charge in [-0.25, -0.2) is 5.43 Å². The Balaban J connectivity index is 1.77. The van der Waals surface area contributed by atoms with Gasteiger partial charge in [0.15, 0.2) is 11.5 Å². The number of ether oxygens (including phenoxy) is 2. The predicted octanol–water partition coefficient (Wildman–Crippen LogP) is 7.52. The van der Waals surface area contributed by atoms with Gasteiger partial charge in [0.05, 0.1) is 28.4 Å². The summed E-state index contributed by atoms with van der Waals surface area (Å²) in [5.74, 6) is -0.182. The Hall–Kier alpha value is -2.75. The van der Waals surface area contributed by atoms with Crippen molar-refractivity contribution in [2.24, 2.45) is 5.10 Å². The van der Waals surface area contributed by atoms with Gasteiger partial charge in [-0.05, 0) is 64.8 Å². The van der Waals surface area contributed by atoms with Crippen LogP contribution in [-0.4, -0.2) is 18.7 Å². The highest BCUT2D eigenvalue weighted by Gasteiger charge is 2.34. The number of amides is 1. The standard InChI is InChI=1S/C24H18BrCl2F3N2O3/c1-2-34-21-10-14(9-19(25)22(21)35-13-15-7-8-16(26)11-20(15)27)12-31-32-23(33)17-5-3-4-6-18(17)24(28,29)30/h3-12H,2,13H2,1H3,(H,32,33)/b31-12+. The number of hydrazone groups is 1. The first-order valence-corrected chi connectivity index (χ1v) is 11.7. The molecule has 3 rings (SSSR count). The van der Waals surface area contributed by atoms with Gasteiger partial charge in [-0.2, -0.15) is 18.3 Å². The van der Waals surface area contributed by atoms with Crippen LogP contribution < -0.4 is 14.9 Å². The van der Waals surface area contributed by atoms with Crippen LogP contribution in [-0.2, 0) is 12.8 Å². The monoisotopic (exact) mass is 588 g/mol. The van der Waals surface area contributed by atoms with Gasteiger partial charge in [0.25, 0.3) is 5.91 Å². The van der Waals surface area contributed by atoms with E-state index in [-0.39, 0.29) is 6.61 Å². The molecule has 184 valence electrons. The third kappa shape index (κ3) is 7.13. The zero-order chi connectivity index (χ0) is 25.6. The van der Waals surface area contributed by atoms with Crippen LogP contribution in [0.2, 0.25) is 10.0 Å². The SMILES string of the molecule is CCOc1cc(/C=N/NC(=O)c2ccccc2C(F)(F)F)cc(Br)c1OCc1ccc(Cl)cc1Cl. The Kier molecular flexibility index (Phi) is 9.04. The van der Waals surface area contributed by atoms with E-state index in [9.17, 15) is 18.0 Å². The second-order valence-electron chi connectivity index (χ2n) is 7.03. The Labute approximate surface area is 218 Å². The van der Waals surface area contributed by atoms with Gasteiger partial charge in [-0.1, -0.05) is 41.4 Å². The number of carbonyl (C=O) groups excluding carboxylic acids is 1. The number of alkyl halides is 3. The summed E-state index contributed by atoms with van der Waals surface area (Å²) in [4.78, 5) is 12.3. The van der Waals surface area contributed by atoms with Crippen molar-refractivity contribution < 1.29 is 27.4 Å². The Morgan fingerprint density at radius 3 is 2.54 bits per heavy atom. The van der Waals surface area contributed by atoms with E-state index in [4.69, 9.17) is 32.7 Å². The van der Waals surface area contributed by atoms with E-state index in [1.54, 1.807) is 37.3 Å². The van der Waals surface area contributed by atoms with E-state index < -0.39 is 23.2 Å². The molecule has 3 aromatic rings. The maximum absolute atomic E-state index is 13.1. The summed E-state index contributed by atoms with van der Waals surface area (Å²) < 4.78 is 51.5. The number of benzene rings is 3. The lowest BCUT2D eigenvalue weighted by molar-refractivity contribution is -0.137. The molecule has 0 heterocycles. The summed E-state index contributed by atoms with van der Waals surface area (Å²) in [5, 5.41) is 4.75. The highest BCUT2D eigenvalue weighted by Crippen LogP contribution is 2.38. The summed E-state index contributed by atoms with van der Waals surface area (Å²) in [5.41, 5.74) is 1.77. The van der Waals surface area contributed by atoms with E-state index in [1.165, 1.54) is 18.3 Å². The van der Waals surface area contributed by atoms with Crippen LogP contribution in [0.25, 0.3) is 0 Å². The van der Waals surface area contributed by atoms with Crippen LogP contribution in [0.5, 0.6) is 11.5 Å². The fraction of sp³-hybridized carbons (Fsp3) is 0.167. The topological polar surface area (TPSA) is 59.9 Å². The lowest BCUT2D eigenvalue weighted by Crippen LogP contribution is -2.22. The quantitative estimate of drug-likeness (QED) is 0.218. The van der Waals surface area contributed by atoms with Crippen molar-refractivity contribution in [1.29, 1.82) is 0 Å². The summed E-state index contributed by atoms with van der Waals surface area (Å²) in [6.07, 6.45) is -3.39. The summed E-state index contributed by atoms with van der Waals surface area (Å²) >= 11 is 15.6. The highest BCUT2D eigenvalue weighted by atomic mass is 79.9. The van der Waals surface area contributed by atoms with Crippen LogP contribution in [0.4, 0.5) is 13.2 Å². The maximum atomic E-state index is 13.1. The molecule has 1 N–H and O–H groups in total. The molecule has 0 bridgehead atoms. The minimum atomic E-state index is -4.67. The van der Waals surface area contributed by atoms with Gasteiger partial charge >= 0.3 is 6.18 Å². The molecule has 0 radical (unpaired) electrons. The molecule has 0 aliphatic rings. The predicted molar refractivity (Wildman–Crippen MR) is 133 cm³/mol. The van der Waals surface area contributed by atoms with Crippen LogP contribution in [0.15, 0.2) is 64.2 Å². The molecule has 0 spiro atoms. The molecule has 0 saturated heterocycles. The number of nitrogens with zero attached hydrogens (tertiary/aromatic N) is 1. The molecule has 0 aromatic heterocycles. The van der Waals surface area contributed by atoms with Crippen LogP contribution in [0, 0.1) is 0 Å². The zero-order valence-electron chi connectivity index (χ0n) is 18.1. The molecule has 0 aliphatic carbocycles. The van der Waals surface area contributed by atoms with Crippen molar-refractivity contribution in [2.45, 2.75) is 19.7 Å². The number of halogens is 6. The van der Waals surface area contributed by atoms with E-state index in [0.29, 0.717) is 38.2 Å². The van der Waals surface area contributed by atoms with Crippen molar-refractivity contribution >= 4 is 51.3 Å². The van der Waals surface area contributed by atoms with Gasteiger partial charge in [0.2, 0.25) is 0 Å². The molecule has 35 heavy (non-hydrogen) atoms. The first-order chi connectivity index (χ1) is 16.6. The maximum Gasteiger partial charge on any atom is 0.417 e. The van der Waals surface area contributed by atoms with Gasteiger partial charge in [0.1, 0.15) is 6.61 Å². The fourth-order valence-corrected chi connectivity index (χ4v) is 4.05. The Morgan fingerprint density at radius 2 is 1.86 bits per heavy atom. The second kappa shape index (κ2) is 11.8. The average molecular weight is 590 g/mol. The van der Waals surface area contributed by atoms with Crippen molar-refractivity contribution in [2.75, 3.05) is 6.61 Å².